The molecule has 37 heavy (non-hydrogen) atoms. The van der Waals surface area contributed by atoms with Gasteiger partial charge in [0.25, 0.3) is 0 Å². The Hall–Kier alpha value is -3.14. The zero-order valence-corrected chi connectivity index (χ0v) is 23.1. The van der Waals surface area contributed by atoms with Crippen LogP contribution in [0.1, 0.15) is 37.8 Å². The van der Waals surface area contributed by atoms with Gasteiger partial charge in [-0.2, -0.15) is 5.10 Å². The third kappa shape index (κ3) is 6.80. The lowest BCUT2D eigenvalue weighted by atomic mass is 10.0. The van der Waals surface area contributed by atoms with E-state index in [4.69, 9.17) is 9.47 Å². The van der Waals surface area contributed by atoms with Crippen LogP contribution in [-0.4, -0.2) is 58.5 Å². The van der Waals surface area contributed by atoms with Crippen LogP contribution >= 0.6 is 15.9 Å². The van der Waals surface area contributed by atoms with E-state index in [1.54, 1.807) is 23.0 Å². The highest BCUT2D eigenvalue weighted by Gasteiger charge is 2.22. The molecular formula is C28H34BrN5O3. The maximum Gasteiger partial charge on any atom is 0.231 e. The summed E-state index contributed by atoms with van der Waals surface area (Å²) in [7, 11) is 2.05. The number of nitrogens with one attached hydrogen (secondary N) is 1. The minimum Gasteiger partial charge on any atom is -0.507 e. The topological polar surface area (TPSA) is 84.1 Å². The number of aromatic nitrogens is 2. The lowest BCUT2D eigenvalue weighted by Gasteiger charge is -2.31. The highest BCUT2D eigenvalue weighted by molar-refractivity contribution is 9.10. The number of likely N-dealkylation sites (tertiary alicyclic amines) is 1. The first kappa shape index (κ1) is 26.9. The largest absolute Gasteiger partial charge is 0.507 e. The van der Waals surface area contributed by atoms with E-state index in [9.17, 15) is 5.11 Å². The van der Waals surface area contributed by atoms with Crippen molar-refractivity contribution in [3.8, 4) is 17.2 Å². The Morgan fingerprint density at radius 3 is 2.70 bits per heavy atom. The van der Waals surface area contributed by atoms with Crippen molar-refractivity contribution in [2.24, 2.45) is 4.99 Å². The monoisotopic (exact) mass is 567 g/mol. The average Bonchev–Trinajstić information content (AvgIpc) is 3.53. The molecule has 1 aromatic heterocycles. The van der Waals surface area contributed by atoms with E-state index in [0.717, 1.165) is 41.3 Å². The van der Waals surface area contributed by atoms with Crippen LogP contribution < -0.4 is 14.8 Å². The molecule has 2 aromatic carbocycles. The number of halogens is 1. The van der Waals surface area contributed by atoms with Gasteiger partial charge < -0.3 is 19.9 Å². The molecule has 3 aromatic rings. The Morgan fingerprint density at radius 1 is 1.19 bits per heavy atom. The molecule has 1 fully saturated rings. The normalized spacial score (nSPS) is 16.2. The number of hydrogen-bond acceptors (Lipinski definition) is 7. The van der Waals surface area contributed by atoms with Gasteiger partial charge in [-0.25, -0.2) is 9.67 Å². The number of allylic oxidation sites excluding steroid dienone is 1. The number of phenols is 1. The van der Waals surface area contributed by atoms with Gasteiger partial charge in [-0.05, 0) is 81.0 Å². The predicted octanol–water partition coefficient (Wildman–Crippen LogP) is 5.58. The molecular weight excluding hydrogens is 534 g/mol. The predicted molar refractivity (Wildman–Crippen MR) is 151 cm³/mol. The van der Waals surface area contributed by atoms with Crippen LogP contribution in [0.25, 0.3) is 6.20 Å². The molecule has 0 amide bonds. The number of benzene rings is 2. The van der Waals surface area contributed by atoms with Gasteiger partial charge in [0, 0.05) is 29.9 Å². The summed E-state index contributed by atoms with van der Waals surface area (Å²) >= 11 is 3.42. The fraction of sp³-hybridized carbons (Fsp3) is 0.357. The van der Waals surface area contributed by atoms with Crippen LogP contribution in [0, 0.1) is 0 Å². The van der Waals surface area contributed by atoms with Crippen molar-refractivity contribution < 1.29 is 14.6 Å². The Bertz CT molecular complexity index is 1250. The molecule has 2 N–H and O–H groups in total. The lowest BCUT2D eigenvalue weighted by molar-refractivity contribution is 0.168. The number of para-hydroxylation sites is 2. The SMILES string of the molecule is C/C=C\n1ncc(Br)c1/N=C(\C)c1ccccc1O.CNC1CCN(Cc2cccc3c2OCO3)CC1. The molecule has 196 valence electrons. The van der Waals surface area contributed by atoms with Gasteiger partial charge >= 0.3 is 0 Å². The van der Waals surface area contributed by atoms with Gasteiger partial charge in [-0.3, -0.25) is 4.90 Å². The summed E-state index contributed by atoms with van der Waals surface area (Å²) in [6.45, 7) is 7.39. The van der Waals surface area contributed by atoms with E-state index in [1.165, 1.54) is 18.4 Å². The first-order valence-corrected chi connectivity index (χ1v) is 13.3. The lowest BCUT2D eigenvalue weighted by Crippen LogP contribution is -2.40. The van der Waals surface area contributed by atoms with E-state index in [2.05, 4.69) is 49.4 Å². The van der Waals surface area contributed by atoms with Crippen LogP contribution in [0.15, 0.2) is 64.2 Å². The number of phenolic OH excluding ortho intramolecular Hbond substituents is 1. The molecule has 2 aliphatic heterocycles. The minimum atomic E-state index is 0.219. The number of piperidine rings is 1. The number of aliphatic imine (C=N–C) groups is 1. The molecule has 0 saturated carbocycles. The summed E-state index contributed by atoms with van der Waals surface area (Å²) < 4.78 is 13.4. The van der Waals surface area contributed by atoms with Gasteiger partial charge in [0.05, 0.1) is 16.4 Å². The third-order valence-electron chi connectivity index (χ3n) is 6.45. The van der Waals surface area contributed by atoms with Crippen molar-refractivity contribution in [3.63, 3.8) is 0 Å². The average molecular weight is 569 g/mol. The maximum absolute atomic E-state index is 9.82. The van der Waals surface area contributed by atoms with Gasteiger partial charge in [0.1, 0.15) is 5.75 Å². The quantitative estimate of drug-likeness (QED) is 0.378. The van der Waals surface area contributed by atoms with E-state index < -0.39 is 0 Å². The summed E-state index contributed by atoms with van der Waals surface area (Å²) in [4.78, 5) is 7.02. The Labute approximate surface area is 226 Å². The van der Waals surface area contributed by atoms with Crippen molar-refractivity contribution in [2.45, 2.75) is 39.3 Å². The standard InChI is InChI=1S/C14H14BrN3O.C14H20N2O2/c1-3-8-18-14(12(15)9-16-18)17-10(2)11-6-4-5-7-13(11)19;1-15-12-5-7-16(8-6-12)9-11-3-2-4-13-14(11)18-10-17-13/h3-9,19H,1-2H3;2-4,12,15H,5-10H2,1H3/b8-3-,17-10+;. The molecule has 5 rings (SSSR count). The molecule has 8 nitrogen and oxygen atoms in total. The zero-order valence-electron chi connectivity index (χ0n) is 21.5. The fourth-order valence-electron chi connectivity index (χ4n) is 4.42. The summed E-state index contributed by atoms with van der Waals surface area (Å²) in [5.74, 6) is 2.74. The first-order chi connectivity index (χ1) is 18.0. The van der Waals surface area contributed by atoms with Crippen LogP contribution in [0.2, 0.25) is 0 Å². The molecule has 0 spiro atoms. The van der Waals surface area contributed by atoms with Crippen molar-refractivity contribution in [2.75, 3.05) is 26.9 Å². The fourth-order valence-corrected chi connectivity index (χ4v) is 4.79. The van der Waals surface area contributed by atoms with Gasteiger partial charge in [0.2, 0.25) is 6.79 Å². The third-order valence-corrected chi connectivity index (χ3v) is 7.01. The molecule has 9 heteroatoms. The second kappa shape index (κ2) is 12.9. The van der Waals surface area contributed by atoms with E-state index in [0.29, 0.717) is 24.2 Å². The smallest absolute Gasteiger partial charge is 0.231 e. The number of rotatable bonds is 6. The van der Waals surface area contributed by atoms with E-state index in [-0.39, 0.29) is 5.75 Å². The van der Waals surface area contributed by atoms with Gasteiger partial charge in [0.15, 0.2) is 17.3 Å². The second-order valence-corrected chi connectivity index (χ2v) is 9.80. The van der Waals surface area contributed by atoms with Crippen molar-refractivity contribution in [1.82, 2.24) is 20.0 Å². The summed E-state index contributed by atoms with van der Waals surface area (Å²) in [6.07, 6.45) is 7.85. The molecule has 0 bridgehead atoms. The molecule has 0 atom stereocenters. The molecule has 2 aliphatic rings. The highest BCUT2D eigenvalue weighted by atomic mass is 79.9. The van der Waals surface area contributed by atoms with Crippen molar-refractivity contribution in [3.05, 3.63) is 70.3 Å². The van der Waals surface area contributed by atoms with Crippen LogP contribution in [0.4, 0.5) is 5.82 Å². The summed E-state index contributed by atoms with van der Waals surface area (Å²) in [5, 5.41) is 17.4. The number of aromatic hydroxyl groups is 1. The minimum absolute atomic E-state index is 0.219. The summed E-state index contributed by atoms with van der Waals surface area (Å²) in [6, 6.07) is 14.0. The Morgan fingerprint density at radius 2 is 1.97 bits per heavy atom. The molecule has 0 aliphatic carbocycles. The molecule has 3 heterocycles. The molecule has 0 radical (unpaired) electrons. The molecule has 1 saturated heterocycles. The zero-order chi connectivity index (χ0) is 26.2. The molecule has 0 unspecified atom stereocenters. The van der Waals surface area contributed by atoms with Crippen molar-refractivity contribution in [1.29, 1.82) is 0 Å². The number of hydrogen-bond donors (Lipinski definition) is 2. The number of ether oxygens (including phenoxy) is 2. The van der Waals surface area contributed by atoms with Gasteiger partial charge in [-0.1, -0.05) is 30.3 Å². The van der Waals surface area contributed by atoms with Crippen LogP contribution in [0.3, 0.4) is 0 Å². The summed E-state index contributed by atoms with van der Waals surface area (Å²) in [5.41, 5.74) is 2.68. The van der Waals surface area contributed by atoms with E-state index >= 15 is 0 Å². The number of fused-ring (bicyclic) bond motifs is 1. The van der Waals surface area contributed by atoms with E-state index in [1.807, 2.05) is 50.4 Å². The first-order valence-electron chi connectivity index (χ1n) is 12.5. The maximum atomic E-state index is 9.82. The van der Waals surface area contributed by atoms with Crippen LogP contribution in [0.5, 0.6) is 17.2 Å². The number of nitrogens with zero attached hydrogens (tertiary/aromatic N) is 4. The van der Waals surface area contributed by atoms with Gasteiger partial charge in [-0.15, -0.1) is 0 Å². The Kier molecular flexibility index (Phi) is 9.38. The van der Waals surface area contributed by atoms with Crippen molar-refractivity contribution >= 4 is 33.7 Å². The van der Waals surface area contributed by atoms with Crippen LogP contribution in [-0.2, 0) is 6.54 Å². The Balaban J connectivity index is 0.000000173. The second-order valence-electron chi connectivity index (χ2n) is 8.95. The highest BCUT2D eigenvalue weighted by Crippen LogP contribution is 2.36.